The minimum Gasteiger partial charge on any atom is -0.346 e. The van der Waals surface area contributed by atoms with E-state index >= 15 is 0 Å². The van der Waals surface area contributed by atoms with Gasteiger partial charge in [-0.1, -0.05) is 19.3 Å². The van der Waals surface area contributed by atoms with Crippen LogP contribution in [0.4, 0.5) is 0 Å². The molecule has 0 bridgehead atoms. The van der Waals surface area contributed by atoms with E-state index in [1.54, 1.807) is 0 Å². The quantitative estimate of drug-likeness (QED) is 0.723. The number of hydrogen-bond acceptors (Lipinski definition) is 3. The van der Waals surface area contributed by atoms with Crippen LogP contribution in [0.15, 0.2) is 0 Å². The molecule has 18 heavy (non-hydrogen) atoms. The van der Waals surface area contributed by atoms with Gasteiger partial charge in [-0.25, -0.2) is 0 Å². The van der Waals surface area contributed by atoms with Gasteiger partial charge in [-0.15, -0.1) is 0 Å². The van der Waals surface area contributed by atoms with E-state index in [0.29, 0.717) is 12.3 Å². The van der Waals surface area contributed by atoms with E-state index in [2.05, 4.69) is 11.6 Å². The first-order chi connectivity index (χ1) is 8.63. The molecular formula is C14H28N2OS. The lowest BCUT2D eigenvalue weighted by atomic mass is 9.79. The number of nitrogens with zero attached hydrogens (tertiary/aromatic N) is 1. The molecule has 106 valence electrons. The van der Waals surface area contributed by atoms with Crippen molar-refractivity contribution in [2.75, 3.05) is 32.6 Å². The molecule has 1 rings (SSSR count). The van der Waals surface area contributed by atoms with Crippen molar-refractivity contribution < 1.29 is 4.79 Å². The maximum absolute atomic E-state index is 12.2. The zero-order valence-corrected chi connectivity index (χ0v) is 12.9. The molecular weight excluding hydrogens is 244 g/mol. The molecule has 0 saturated heterocycles. The Hall–Kier alpha value is -0.220. The fourth-order valence-corrected chi connectivity index (χ4v) is 3.16. The smallest absolute Gasteiger partial charge is 0.224 e. The molecule has 0 aromatic rings. The molecule has 0 aromatic carbocycles. The highest BCUT2D eigenvalue weighted by atomic mass is 32.2. The van der Waals surface area contributed by atoms with Crippen molar-refractivity contribution in [1.82, 2.24) is 10.2 Å². The molecule has 0 atom stereocenters. The minimum absolute atomic E-state index is 0.0725. The molecule has 1 amide bonds. The van der Waals surface area contributed by atoms with Gasteiger partial charge in [0.05, 0.1) is 0 Å². The molecule has 1 saturated carbocycles. The maximum Gasteiger partial charge on any atom is 0.224 e. The molecule has 0 aliphatic heterocycles. The largest absolute Gasteiger partial charge is 0.346 e. The second kappa shape index (κ2) is 8.05. The zero-order valence-electron chi connectivity index (χ0n) is 12.1. The third-order valence-electron chi connectivity index (χ3n) is 4.10. The molecule has 1 fully saturated rings. The predicted octanol–water partition coefficient (Wildman–Crippen LogP) is 2.51. The summed E-state index contributed by atoms with van der Waals surface area (Å²) in [5.41, 5.74) is 0.0725. The van der Waals surface area contributed by atoms with E-state index in [0.717, 1.165) is 31.6 Å². The van der Waals surface area contributed by atoms with Gasteiger partial charge < -0.3 is 10.2 Å². The van der Waals surface area contributed by atoms with Crippen molar-refractivity contribution in [3.8, 4) is 0 Å². The van der Waals surface area contributed by atoms with E-state index in [9.17, 15) is 4.79 Å². The molecule has 3 nitrogen and oxygen atoms in total. The average molecular weight is 272 g/mol. The normalized spacial score (nSPS) is 18.6. The van der Waals surface area contributed by atoms with E-state index in [1.807, 2.05) is 30.8 Å². The highest BCUT2D eigenvalue weighted by Crippen LogP contribution is 2.31. The third-order valence-corrected chi connectivity index (χ3v) is 4.80. The Kier molecular flexibility index (Phi) is 7.08. The second-order valence-electron chi connectivity index (χ2n) is 5.43. The van der Waals surface area contributed by atoms with Crippen LogP contribution in [0.1, 0.15) is 44.9 Å². The van der Waals surface area contributed by atoms with Crippen LogP contribution >= 0.6 is 11.8 Å². The SMILES string of the molecule is CNC1(CC(=O)N(C)CCCSC)CCCCC1. The van der Waals surface area contributed by atoms with Crippen molar-refractivity contribution in [3.63, 3.8) is 0 Å². The van der Waals surface area contributed by atoms with Crippen LogP contribution in [-0.4, -0.2) is 49.0 Å². The Morgan fingerprint density at radius 2 is 2.00 bits per heavy atom. The number of carbonyl (C=O) groups is 1. The zero-order chi connectivity index (χ0) is 13.4. The molecule has 0 spiro atoms. The summed E-state index contributed by atoms with van der Waals surface area (Å²) < 4.78 is 0. The van der Waals surface area contributed by atoms with Gasteiger partial charge in [0.1, 0.15) is 0 Å². The van der Waals surface area contributed by atoms with Crippen molar-refractivity contribution in [2.24, 2.45) is 0 Å². The van der Waals surface area contributed by atoms with Crippen molar-refractivity contribution >= 4 is 17.7 Å². The monoisotopic (exact) mass is 272 g/mol. The van der Waals surface area contributed by atoms with Crippen LogP contribution in [0, 0.1) is 0 Å². The topological polar surface area (TPSA) is 32.3 Å². The van der Waals surface area contributed by atoms with E-state index in [1.165, 1.54) is 19.3 Å². The summed E-state index contributed by atoms with van der Waals surface area (Å²) in [6.07, 6.45) is 9.99. The van der Waals surface area contributed by atoms with Gasteiger partial charge in [-0.05, 0) is 38.3 Å². The number of amides is 1. The summed E-state index contributed by atoms with van der Waals surface area (Å²) in [4.78, 5) is 14.2. The Bertz CT molecular complexity index is 252. The molecule has 0 radical (unpaired) electrons. The van der Waals surface area contributed by atoms with Crippen LogP contribution in [-0.2, 0) is 4.79 Å². The number of rotatable bonds is 7. The van der Waals surface area contributed by atoms with Gasteiger partial charge in [-0.3, -0.25) is 4.79 Å². The molecule has 0 heterocycles. The van der Waals surface area contributed by atoms with Crippen LogP contribution < -0.4 is 5.32 Å². The summed E-state index contributed by atoms with van der Waals surface area (Å²) in [6.45, 7) is 0.888. The predicted molar refractivity (Wildman–Crippen MR) is 80.1 cm³/mol. The lowest BCUT2D eigenvalue weighted by Gasteiger charge is -2.37. The molecule has 4 heteroatoms. The van der Waals surface area contributed by atoms with Gasteiger partial charge in [0.25, 0.3) is 0 Å². The van der Waals surface area contributed by atoms with Crippen molar-refractivity contribution in [2.45, 2.75) is 50.5 Å². The van der Waals surface area contributed by atoms with Gasteiger partial charge in [0.15, 0.2) is 0 Å². The fourth-order valence-electron chi connectivity index (χ4n) is 2.74. The van der Waals surface area contributed by atoms with Crippen LogP contribution in [0.3, 0.4) is 0 Å². The summed E-state index contributed by atoms with van der Waals surface area (Å²) in [6, 6.07) is 0. The number of thioether (sulfide) groups is 1. The lowest BCUT2D eigenvalue weighted by molar-refractivity contribution is -0.131. The van der Waals surface area contributed by atoms with E-state index in [4.69, 9.17) is 0 Å². The Balaban J connectivity index is 2.40. The van der Waals surface area contributed by atoms with Crippen molar-refractivity contribution in [1.29, 1.82) is 0 Å². The van der Waals surface area contributed by atoms with Crippen molar-refractivity contribution in [3.05, 3.63) is 0 Å². The molecule has 1 aliphatic rings. The molecule has 1 aliphatic carbocycles. The maximum atomic E-state index is 12.2. The first-order valence-electron chi connectivity index (χ1n) is 7.05. The summed E-state index contributed by atoms with van der Waals surface area (Å²) in [7, 11) is 3.95. The lowest BCUT2D eigenvalue weighted by Crippen LogP contribution is -2.48. The molecule has 0 unspecified atom stereocenters. The number of hydrogen-bond donors (Lipinski definition) is 1. The Labute approximate surface area is 116 Å². The Morgan fingerprint density at radius 1 is 1.33 bits per heavy atom. The molecule has 0 aromatic heterocycles. The summed E-state index contributed by atoms with van der Waals surface area (Å²) in [5, 5.41) is 3.42. The van der Waals surface area contributed by atoms with E-state index in [-0.39, 0.29) is 5.54 Å². The highest BCUT2D eigenvalue weighted by molar-refractivity contribution is 7.98. The highest BCUT2D eigenvalue weighted by Gasteiger charge is 2.33. The average Bonchev–Trinajstić information content (AvgIpc) is 2.40. The van der Waals surface area contributed by atoms with Gasteiger partial charge >= 0.3 is 0 Å². The van der Waals surface area contributed by atoms with Crippen LogP contribution in [0.5, 0.6) is 0 Å². The first-order valence-corrected chi connectivity index (χ1v) is 8.45. The third kappa shape index (κ3) is 4.81. The summed E-state index contributed by atoms with van der Waals surface area (Å²) in [5.74, 6) is 1.43. The van der Waals surface area contributed by atoms with Gasteiger partial charge in [-0.2, -0.15) is 11.8 Å². The fraction of sp³-hybridized carbons (Fsp3) is 0.929. The van der Waals surface area contributed by atoms with Crippen LogP contribution in [0.2, 0.25) is 0 Å². The number of carbonyl (C=O) groups excluding carboxylic acids is 1. The second-order valence-corrected chi connectivity index (χ2v) is 6.42. The first kappa shape index (κ1) is 15.8. The number of nitrogens with one attached hydrogen (secondary N) is 1. The van der Waals surface area contributed by atoms with E-state index < -0.39 is 0 Å². The van der Waals surface area contributed by atoms with Gasteiger partial charge in [0, 0.05) is 25.6 Å². The Morgan fingerprint density at radius 3 is 2.56 bits per heavy atom. The molecule has 1 N–H and O–H groups in total. The van der Waals surface area contributed by atoms with Gasteiger partial charge in [0.2, 0.25) is 5.91 Å². The minimum atomic E-state index is 0.0725. The summed E-state index contributed by atoms with van der Waals surface area (Å²) >= 11 is 1.84. The standard InChI is InChI=1S/C14H28N2OS/c1-15-14(8-5-4-6-9-14)12-13(17)16(2)10-7-11-18-3/h15H,4-12H2,1-3H3. The van der Waals surface area contributed by atoms with Crippen LogP contribution in [0.25, 0.3) is 0 Å².